The molecule has 2 amide bonds. The number of benzene rings is 2. The van der Waals surface area contributed by atoms with Gasteiger partial charge in [0.15, 0.2) is 0 Å². The van der Waals surface area contributed by atoms with Gasteiger partial charge in [0.1, 0.15) is 12.2 Å². The van der Waals surface area contributed by atoms with Gasteiger partial charge in [-0.1, -0.05) is 50.2 Å². The molecule has 0 radical (unpaired) electrons. The molecule has 0 spiro atoms. The van der Waals surface area contributed by atoms with E-state index in [1.165, 1.54) is 10.6 Å². The minimum absolute atomic E-state index is 0.102. The molecule has 5 heteroatoms. The number of amides is 2. The molecule has 0 saturated carbocycles. The van der Waals surface area contributed by atoms with Gasteiger partial charge in [0.2, 0.25) is 0 Å². The molecule has 1 saturated heterocycles. The largest absolute Gasteiger partial charge is 0.337 e. The topological polar surface area (TPSA) is 52.7 Å². The van der Waals surface area contributed by atoms with Gasteiger partial charge in [0.05, 0.1) is 0 Å². The van der Waals surface area contributed by atoms with E-state index >= 15 is 0 Å². The van der Waals surface area contributed by atoms with E-state index in [9.17, 15) is 9.59 Å². The highest BCUT2D eigenvalue weighted by Crippen LogP contribution is 2.54. The minimum atomic E-state index is -0.655. The Morgan fingerprint density at radius 2 is 1.64 bits per heavy atom. The van der Waals surface area contributed by atoms with Crippen LogP contribution in [0.1, 0.15) is 36.7 Å². The fourth-order valence-electron chi connectivity index (χ4n) is 4.08. The zero-order valence-corrected chi connectivity index (χ0v) is 14.6. The molecule has 2 heterocycles. The second kappa shape index (κ2) is 5.09. The molecule has 0 aromatic heterocycles. The second-order valence-corrected chi connectivity index (χ2v) is 7.29. The van der Waals surface area contributed by atoms with Gasteiger partial charge in [-0.3, -0.25) is 15.0 Å². The van der Waals surface area contributed by atoms with E-state index in [0.29, 0.717) is 5.56 Å². The van der Waals surface area contributed by atoms with Crippen LogP contribution >= 0.6 is 0 Å². The number of hydrogen-bond acceptors (Lipinski definition) is 3. The van der Waals surface area contributed by atoms with Crippen LogP contribution < -0.4 is 10.3 Å². The first-order valence-electron chi connectivity index (χ1n) is 8.43. The van der Waals surface area contributed by atoms with Crippen molar-refractivity contribution < 1.29 is 9.59 Å². The Hall–Kier alpha value is -2.82. The van der Waals surface area contributed by atoms with Crippen molar-refractivity contribution in [2.45, 2.75) is 31.8 Å². The van der Waals surface area contributed by atoms with Crippen molar-refractivity contribution in [1.29, 1.82) is 0 Å². The average Bonchev–Trinajstić information content (AvgIpc) is 2.97. The first-order valence-corrected chi connectivity index (χ1v) is 8.43. The average molecular weight is 335 g/mol. The van der Waals surface area contributed by atoms with Gasteiger partial charge in [0.25, 0.3) is 11.8 Å². The van der Waals surface area contributed by atoms with Crippen LogP contribution in [0, 0.1) is 0 Å². The quantitative estimate of drug-likeness (QED) is 0.918. The van der Waals surface area contributed by atoms with Crippen LogP contribution in [-0.4, -0.2) is 29.0 Å². The Labute approximate surface area is 147 Å². The Kier molecular flexibility index (Phi) is 3.19. The summed E-state index contributed by atoms with van der Waals surface area (Å²) in [5, 5.41) is 1.52. The number of hydrogen-bond donors (Lipinski definition) is 1. The van der Waals surface area contributed by atoms with Gasteiger partial charge in [-0.15, -0.1) is 0 Å². The number of carbonyl (C=O) groups is 2. The zero-order chi connectivity index (χ0) is 17.8. The van der Waals surface area contributed by atoms with Crippen LogP contribution in [0.15, 0.2) is 54.6 Å². The van der Waals surface area contributed by atoms with Crippen molar-refractivity contribution >= 4 is 17.5 Å². The first-order chi connectivity index (χ1) is 11.9. The molecule has 4 rings (SSSR count). The van der Waals surface area contributed by atoms with Gasteiger partial charge >= 0.3 is 0 Å². The number of rotatable bonds is 2. The number of hydrazine groups is 1. The van der Waals surface area contributed by atoms with Crippen molar-refractivity contribution in [1.82, 2.24) is 10.4 Å². The molecule has 1 fully saturated rings. The zero-order valence-electron chi connectivity index (χ0n) is 14.6. The molecular formula is C20H21N3O2. The summed E-state index contributed by atoms with van der Waals surface area (Å²) >= 11 is 0. The molecule has 128 valence electrons. The third-order valence-electron chi connectivity index (χ3n) is 5.81. The van der Waals surface area contributed by atoms with Crippen molar-refractivity contribution in [3.8, 4) is 0 Å². The van der Waals surface area contributed by atoms with E-state index in [4.69, 9.17) is 0 Å². The van der Waals surface area contributed by atoms with Crippen LogP contribution in [-0.2, 0) is 10.2 Å². The molecule has 1 N–H and O–H groups in total. The predicted octanol–water partition coefficient (Wildman–Crippen LogP) is 2.69. The number of nitrogens with one attached hydrogen (secondary N) is 1. The maximum atomic E-state index is 12.7. The van der Waals surface area contributed by atoms with Crippen LogP contribution in [0.3, 0.4) is 0 Å². The van der Waals surface area contributed by atoms with Crippen molar-refractivity contribution in [2.24, 2.45) is 0 Å². The van der Waals surface area contributed by atoms with Gasteiger partial charge in [-0.25, -0.2) is 5.01 Å². The maximum Gasteiger partial charge on any atom is 0.269 e. The molecule has 0 aliphatic carbocycles. The molecule has 5 nitrogen and oxygen atoms in total. The molecule has 2 aromatic carbocycles. The van der Waals surface area contributed by atoms with E-state index in [1.807, 2.05) is 43.3 Å². The lowest BCUT2D eigenvalue weighted by Gasteiger charge is -2.45. The van der Waals surface area contributed by atoms with Gasteiger partial charge in [-0.2, -0.15) is 0 Å². The highest BCUT2D eigenvalue weighted by Gasteiger charge is 2.63. The summed E-state index contributed by atoms with van der Waals surface area (Å²) in [5.74, 6) is -0.377. The smallest absolute Gasteiger partial charge is 0.269 e. The van der Waals surface area contributed by atoms with E-state index in [1.54, 1.807) is 12.1 Å². The van der Waals surface area contributed by atoms with Gasteiger partial charge in [-0.05, 0) is 30.7 Å². The normalized spacial score (nSPS) is 23.4. The molecule has 2 aliphatic rings. The summed E-state index contributed by atoms with van der Waals surface area (Å²) in [4.78, 5) is 27.5. The highest BCUT2D eigenvalue weighted by atomic mass is 16.2. The highest BCUT2D eigenvalue weighted by molar-refractivity contribution is 5.97. The summed E-state index contributed by atoms with van der Waals surface area (Å²) in [6.07, 6.45) is 0. The summed E-state index contributed by atoms with van der Waals surface area (Å²) in [5.41, 5.74) is 4.63. The summed E-state index contributed by atoms with van der Waals surface area (Å²) in [7, 11) is 0. The predicted molar refractivity (Wildman–Crippen MR) is 96.0 cm³/mol. The lowest BCUT2D eigenvalue weighted by Crippen LogP contribution is -2.64. The van der Waals surface area contributed by atoms with E-state index in [2.05, 4.69) is 30.2 Å². The fraction of sp³-hybridized carbons (Fsp3) is 0.300. The molecule has 1 unspecified atom stereocenters. The van der Waals surface area contributed by atoms with Crippen LogP contribution in [0.2, 0.25) is 0 Å². The van der Waals surface area contributed by atoms with E-state index < -0.39 is 5.66 Å². The molecule has 2 aromatic rings. The minimum Gasteiger partial charge on any atom is -0.337 e. The maximum absolute atomic E-state index is 12.7. The monoisotopic (exact) mass is 335 g/mol. The van der Waals surface area contributed by atoms with E-state index in [-0.39, 0.29) is 23.8 Å². The number of nitrogens with zero attached hydrogens (tertiary/aromatic N) is 2. The summed E-state index contributed by atoms with van der Waals surface area (Å²) < 4.78 is 0. The SMILES string of the molecule is CC1(C)c2ccccc2N2CC(=O)N(NC(=O)c3ccccc3)C21C. The first kappa shape index (κ1) is 15.7. The van der Waals surface area contributed by atoms with Gasteiger partial charge < -0.3 is 4.90 Å². The molecule has 0 bridgehead atoms. The number of para-hydroxylation sites is 1. The molecular weight excluding hydrogens is 314 g/mol. The Morgan fingerprint density at radius 3 is 2.36 bits per heavy atom. The van der Waals surface area contributed by atoms with Crippen LogP contribution in [0.5, 0.6) is 0 Å². The number of anilines is 1. The Balaban J connectivity index is 1.74. The second-order valence-electron chi connectivity index (χ2n) is 7.29. The summed E-state index contributed by atoms with van der Waals surface area (Å²) in [6, 6.07) is 17.1. The van der Waals surface area contributed by atoms with Crippen LogP contribution in [0.25, 0.3) is 0 Å². The van der Waals surface area contributed by atoms with Crippen LogP contribution in [0.4, 0.5) is 5.69 Å². The van der Waals surface area contributed by atoms with Crippen molar-refractivity contribution in [3.63, 3.8) is 0 Å². The summed E-state index contributed by atoms with van der Waals surface area (Å²) in [6.45, 7) is 6.51. The standard InChI is InChI=1S/C20H21N3O2/c1-19(2)15-11-7-8-12-16(15)22-13-17(24)23(20(19,22)3)21-18(25)14-9-5-4-6-10-14/h4-12H,13H2,1-3H3,(H,21,25). The lowest BCUT2D eigenvalue weighted by molar-refractivity contribution is -0.134. The fourth-order valence-corrected chi connectivity index (χ4v) is 4.08. The molecule has 2 aliphatic heterocycles. The van der Waals surface area contributed by atoms with Crippen molar-refractivity contribution in [2.75, 3.05) is 11.4 Å². The third-order valence-corrected chi connectivity index (χ3v) is 5.81. The van der Waals surface area contributed by atoms with Gasteiger partial charge in [0, 0.05) is 16.7 Å². The number of fused-ring (bicyclic) bond motifs is 3. The Bertz CT molecular complexity index is 862. The number of carbonyl (C=O) groups excluding carboxylic acids is 2. The van der Waals surface area contributed by atoms with E-state index in [0.717, 1.165) is 5.69 Å². The van der Waals surface area contributed by atoms with Crippen molar-refractivity contribution in [3.05, 3.63) is 65.7 Å². The Morgan fingerprint density at radius 1 is 1.00 bits per heavy atom. The molecule has 1 atom stereocenters. The molecule has 25 heavy (non-hydrogen) atoms. The third kappa shape index (κ3) is 1.95. The lowest BCUT2D eigenvalue weighted by atomic mass is 9.76.